The Balaban J connectivity index is 1.61. The second-order valence-electron chi connectivity index (χ2n) is 4.65. The van der Waals surface area contributed by atoms with E-state index < -0.39 is 0 Å². The molecule has 6 heteroatoms. The van der Waals surface area contributed by atoms with Crippen LogP contribution < -0.4 is 5.32 Å². The number of carbonyl (C=O) groups is 1. The third kappa shape index (κ3) is 3.17. The molecule has 0 unspecified atom stereocenters. The van der Waals surface area contributed by atoms with Crippen LogP contribution in [-0.4, -0.2) is 20.5 Å². The Morgan fingerprint density at radius 3 is 2.82 bits per heavy atom. The van der Waals surface area contributed by atoms with Crippen LogP contribution in [0.2, 0.25) is 0 Å². The van der Waals surface area contributed by atoms with E-state index in [4.69, 9.17) is 0 Å². The van der Waals surface area contributed by atoms with Crippen molar-refractivity contribution >= 4 is 17.6 Å². The van der Waals surface area contributed by atoms with Crippen LogP contribution in [0.15, 0.2) is 54.7 Å². The number of halogens is 1. The molecule has 0 aliphatic heterocycles. The number of amides is 1. The van der Waals surface area contributed by atoms with Crippen molar-refractivity contribution in [3.63, 3.8) is 0 Å². The van der Waals surface area contributed by atoms with Gasteiger partial charge in [0.2, 0.25) is 5.91 Å². The van der Waals surface area contributed by atoms with Gasteiger partial charge >= 0.3 is 0 Å². The maximum atomic E-state index is 12.8. The molecule has 2 aromatic heterocycles. The molecule has 3 rings (SSSR count). The summed E-state index contributed by atoms with van der Waals surface area (Å²) < 4.78 is 14.6. The number of nitrogens with one attached hydrogen (secondary N) is 1. The number of hydrogen-bond acceptors (Lipinski definition) is 3. The van der Waals surface area contributed by atoms with Crippen LogP contribution in [0, 0.1) is 5.82 Å². The Morgan fingerprint density at radius 1 is 1.18 bits per heavy atom. The smallest absolute Gasteiger partial charge is 0.244 e. The number of fused-ring (bicyclic) bond motifs is 1. The van der Waals surface area contributed by atoms with E-state index in [0.29, 0.717) is 5.82 Å². The van der Waals surface area contributed by atoms with Crippen LogP contribution in [0.1, 0.15) is 11.4 Å². The highest BCUT2D eigenvalue weighted by molar-refractivity contribution is 5.91. The van der Waals surface area contributed by atoms with E-state index in [0.717, 1.165) is 11.2 Å². The monoisotopic (exact) mass is 296 g/mol. The van der Waals surface area contributed by atoms with Gasteiger partial charge in [0, 0.05) is 12.3 Å². The molecule has 1 amide bonds. The second-order valence-corrected chi connectivity index (χ2v) is 4.65. The van der Waals surface area contributed by atoms with Gasteiger partial charge in [-0.25, -0.2) is 4.39 Å². The SMILES string of the molecule is O=C(C=Cc1ccc(F)cc1)NCc1nnc2ccccn12. The highest BCUT2D eigenvalue weighted by atomic mass is 19.1. The van der Waals surface area contributed by atoms with Crippen molar-refractivity contribution in [2.45, 2.75) is 6.54 Å². The van der Waals surface area contributed by atoms with Crippen LogP contribution in [0.3, 0.4) is 0 Å². The minimum atomic E-state index is -0.305. The fourth-order valence-corrected chi connectivity index (χ4v) is 1.98. The molecule has 0 fully saturated rings. The van der Waals surface area contributed by atoms with Gasteiger partial charge in [0.15, 0.2) is 11.5 Å². The highest BCUT2D eigenvalue weighted by Crippen LogP contribution is 2.05. The number of pyridine rings is 1. The van der Waals surface area contributed by atoms with E-state index in [1.807, 2.05) is 28.8 Å². The first kappa shape index (κ1) is 13.9. The average Bonchev–Trinajstić information content (AvgIpc) is 2.96. The Labute approximate surface area is 126 Å². The van der Waals surface area contributed by atoms with Crippen molar-refractivity contribution in [3.8, 4) is 0 Å². The van der Waals surface area contributed by atoms with Gasteiger partial charge in [-0.3, -0.25) is 9.20 Å². The van der Waals surface area contributed by atoms with Gasteiger partial charge in [-0.1, -0.05) is 18.2 Å². The summed E-state index contributed by atoms with van der Waals surface area (Å²) in [6, 6.07) is 11.5. The van der Waals surface area contributed by atoms with E-state index >= 15 is 0 Å². The molecule has 0 bridgehead atoms. The molecule has 0 atom stereocenters. The summed E-state index contributed by atoms with van der Waals surface area (Å²) in [7, 11) is 0. The summed E-state index contributed by atoms with van der Waals surface area (Å²) in [5, 5.41) is 10.8. The Morgan fingerprint density at radius 2 is 2.00 bits per heavy atom. The molecule has 110 valence electrons. The molecule has 2 heterocycles. The van der Waals surface area contributed by atoms with Crippen LogP contribution in [-0.2, 0) is 11.3 Å². The standard InChI is InChI=1S/C16H13FN4O/c17-13-7-4-12(5-8-13)6-9-16(22)18-11-15-20-19-14-3-1-2-10-21(14)15/h1-10H,11H2,(H,18,22). The van der Waals surface area contributed by atoms with Crippen LogP contribution in [0.25, 0.3) is 11.7 Å². The molecule has 1 aromatic carbocycles. The summed E-state index contributed by atoms with van der Waals surface area (Å²) in [4.78, 5) is 11.8. The highest BCUT2D eigenvalue weighted by Gasteiger charge is 2.05. The molecule has 1 N–H and O–H groups in total. The van der Waals surface area contributed by atoms with E-state index in [1.54, 1.807) is 18.2 Å². The molecule has 5 nitrogen and oxygen atoms in total. The zero-order chi connectivity index (χ0) is 15.4. The summed E-state index contributed by atoms with van der Waals surface area (Å²) in [6.45, 7) is 0.276. The van der Waals surface area contributed by atoms with E-state index in [2.05, 4.69) is 15.5 Å². The minimum absolute atomic E-state index is 0.253. The zero-order valence-electron chi connectivity index (χ0n) is 11.6. The Hall–Kier alpha value is -3.02. The molecule has 0 saturated carbocycles. The van der Waals surface area contributed by atoms with Crippen LogP contribution in [0.4, 0.5) is 4.39 Å². The lowest BCUT2D eigenvalue weighted by atomic mass is 10.2. The van der Waals surface area contributed by atoms with Crippen molar-refractivity contribution in [1.82, 2.24) is 19.9 Å². The summed E-state index contributed by atoms with van der Waals surface area (Å²) in [5.74, 6) is 0.0939. The second kappa shape index (κ2) is 6.17. The van der Waals surface area contributed by atoms with E-state index in [9.17, 15) is 9.18 Å². The van der Waals surface area contributed by atoms with Gasteiger partial charge < -0.3 is 5.32 Å². The first-order valence-corrected chi connectivity index (χ1v) is 6.72. The van der Waals surface area contributed by atoms with Crippen LogP contribution in [0.5, 0.6) is 0 Å². The van der Waals surface area contributed by atoms with Gasteiger partial charge in [-0.05, 0) is 35.9 Å². The first-order valence-electron chi connectivity index (χ1n) is 6.72. The molecule has 0 radical (unpaired) electrons. The summed E-state index contributed by atoms with van der Waals surface area (Å²) in [6.07, 6.45) is 4.86. The Bertz CT molecular complexity index is 824. The van der Waals surface area contributed by atoms with Gasteiger partial charge in [-0.2, -0.15) is 0 Å². The van der Waals surface area contributed by atoms with Crippen molar-refractivity contribution in [3.05, 3.63) is 71.9 Å². The lowest BCUT2D eigenvalue weighted by molar-refractivity contribution is -0.116. The fraction of sp³-hybridized carbons (Fsp3) is 0.0625. The lowest BCUT2D eigenvalue weighted by Crippen LogP contribution is -2.21. The lowest BCUT2D eigenvalue weighted by Gasteiger charge is -2.01. The quantitative estimate of drug-likeness (QED) is 0.751. The zero-order valence-corrected chi connectivity index (χ0v) is 11.6. The van der Waals surface area contributed by atoms with Crippen molar-refractivity contribution in [1.29, 1.82) is 0 Å². The number of benzene rings is 1. The van der Waals surface area contributed by atoms with Crippen molar-refractivity contribution in [2.24, 2.45) is 0 Å². The van der Waals surface area contributed by atoms with Gasteiger partial charge in [0.05, 0.1) is 6.54 Å². The summed E-state index contributed by atoms with van der Waals surface area (Å²) >= 11 is 0. The molecule has 3 aromatic rings. The van der Waals surface area contributed by atoms with Crippen LogP contribution >= 0.6 is 0 Å². The molecule has 0 spiro atoms. The third-order valence-electron chi connectivity index (χ3n) is 3.10. The normalized spacial score (nSPS) is 11.1. The largest absolute Gasteiger partial charge is 0.345 e. The van der Waals surface area contributed by atoms with E-state index in [-0.39, 0.29) is 18.3 Å². The van der Waals surface area contributed by atoms with Crippen molar-refractivity contribution < 1.29 is 9.18 Å². The summed E-state index contributed by atoms with van der Waals surface area (Å²) in [5.41, 5.74) is 1.48. The van der Waals surface area contributed by atoms with Gasteiger partial charge in [-0.15, -0.1) is 10.2 Å². The predicted octanol–water partition coefficient (Wildman–Crippen LogP) is 2.20. The fourth-order valence-electron chi connectivity index (χ4n) is 1.98. The maximum absolute atomic E-state index is 12.8. The molecular weight excluding hydrogens is 283 g/mol. The molecule has 22 heavy (non-hydrogen) atoms. The van der Waals surface area contributed by atoms with E-state index in [1.165, 1.54) is 18.2 Å². The molecule has 0 aliphatic carbocycles. The number of rotatable bonds is 4. The number of hydrogen-bond donors (Lipinski definition) is 1. The topological polar surface area (TPSA) is 59.3 Å². The molecule has 0 saturated heterocycles. The Kier molecular flexibility index (Phi) is 3.91. The predicted molar refractivity (Wildman–Crippen MR) is 80.3 cm³/mol. The molecular formula is C16H13FN4O. The van der Waals surface area contributed by atoms with Crippen molar-refractivity contribution in [2.75, 3.05) is 0 Å². The number of aromatic nitrogens is 3. The van der Waals surface area contributed by atoms with Gasteiger partial charge in [0.1, 0.15) is 5.82 Å². The third-order valence-corrected chi connectivity index (χ3v) is 3.10. The first-order chi connectivity index (χ1) is 10.7. The minimum Gasteiger partial charge on any atom is -0.345 e. The van der Waals surface area contributed by atoms with Gasteiger partial charge in [0.25, 0.3) is 0 Å². The average molecular weight is 296 g/mol. The number of nitrogens with zero attached hydrogens (tertiary/aromatic N) is 3. The molecule has 0 aliphatic rings. The maximum Gasteiger partial charge on any atom is 0.244 e. The number of carbonyl (C=O) groups excluding carboxylic acids is 1.